The van der Waals surface area contributed by atoms with Gasteiger partial charge in [0.25, 0.3) is 5.89 Å². The highest BCUT2D eigenvalue weighted by atomic mass is 32.2. The molecule has 0 aliphatic rings. The summed E-state index contributed by atoms with van der Waals surface area (Å²) in [6.07, 6.45) is 0. The first kappa shape index (κ1) is 20.7. The molecule has 3 aromatic rings. The Morgan fingerprint density at radius 2 is 1.86 bits per heavy atom. The lowest BCUT2D eigenvalue weighted by Crippen LogP contribution is -2.22. The maximum absolute atomic E-state index is 12.5. The molecule has 0 radical (unpaired) electrons. The largest absolute Gasteiger partial charge is 0.452 e. The average Bonchev–Trinajstić information content (AvgIpc) is 3.15. The molecule has 0 fully saturated rings. The predicted molar refractivity (Wildman–Crippen MR) is 106 cm³/mol. The summed E-state index contributed by atoms with van der Waals surface area (Å²) in [6.45, 7) is 3.43. The predicted octanol–water partition coefficient (Wildman–Crippen LogP) is 2.96. The van der Waals surface area contributed by atoms with Crippen molar-refractivity contribution in [2.45, 2.75) is 25.3 Å². The number of carbonyl (C=O) groups excluding carboxylic acids is 1. The fraction of sp³-hybridized carbons (Fsp3) is 0.250. The Morgan fingerprint density at radius 3 is 2.55 bits per heavy atom. The van der Waals surface area contributed by atoms with Gasteiger partial charge in [-0.3, -0.25) is 0 Å². The molecule has 1 aromatic heterocycles. The van der Waals surface area contributed by atoms with Crippen LogP contribution < -0.4 is 0 Å². The fourth-order valence-electron chi connectivity index (χ4n) is 2.60. The molecule has 152 valence electrons. The van der Waals surface area contributed by atoms with Crippen molar-refractivity contribution in [1.82, 2.24) is 14.5 Å². The van der Waals surface area contributed by atoms with E-state index >= 15 is 0 Å². The van der Waals surface area contributed by atoms with Crippen LogP contribution >= 0.6 is 0 Å². The lowest BCUT2D eigenvalue weighted by molar-refractivity contribution is 0.0437. The minimum Gasteiger partial charge on any atom is -0.452 e. The SMILES string of the molecule is Cc1cccc(-c2nnc(COC(=O)c3cc(S(=O)(=O)N(C)C)ccc3C)o2)c1. The summed E-state index contributed by atoms with van der Waals surface area (Å²) in [5.41, 5.74) is 2.58. The topological polar surface area (TPSA) is 103 Å². The lowest BCUT2D eigenvalue weighted by atomic mass is 10.1. The van der Waals surface area contributed by atoms with Gasteiger partial charge >= 0.3 is 5.97 Å². The minimum atomic E-state index is -3.66. The van der Waals surface area contributed by atoms with Gasteiger partial charge in [-0.05, 0) is 43.7 Å². The second-order valence-electron chi connectivity index (χ2n) is 6.71. The molecule has 1 heterocycles. The van der Waals surface area contributed by atoms with Crippen molar-refractivity contribution in [1.29, 1.82) is 0 Å². The van der Waals surface area contributed by atoms with E-state index in [0.29, 0.717) is 11.5 Å². The molecule has 0 N–H and O–H groups in total. The zero-order valence-electron chi connectivity index (χ0n) is 16.5. The molecule has 0 aliphatic heterocycles. The van der Waals surface area contributed by atoms with E-state index < -0.39 is 16.0 Å². The van der Waals surface area contributed by atoms with Crippen molar-refractivity contribution in [3.63, 3.8) is 0 Å². The van der Waals surface area contributed by atoms with E-state index in [2.05, 4.69) is 10.2 Å². The number of benzene rings is 2. The van der Waals surface area contributed by atoms with Crippen LogP contribution in [-0.4, -0.2) is 43.0 Å². The van der Waals surface area contributed by atoms with Gasteiger partial charge in [0.05, 0.1) is 10.5 Å². The van der Waals surface area contributed by atoms with E-state index in [1.54, 1.807) is 13.0 Å². The van der Waals surface area contributed by atoms with E-state index in [-0.39, 0.29) is 23.0 Å². The number of rotatable bonds is 6. The summed E-state index contributed by atoms with van der Waals surface area (Å²) in [4.78, 5) is 12.5. The molecule has 9 heteroatoms. The summed E-state index contributed by atoms with van der Waals surface area (Å²) in [5, 5.41) is 7.86. The van der Waals surface area contributed by atoms with Gasteiger partial charge < -0.3 is 9.15 Å². The zero-order chi connectivity index (χ0) is 21.2. The van der Waals surface area contributed by atoms with E-state index in [1.165, 1.54) is 26.2 Å². The van der Waals surface area contributed by atoms with Gasteiger partial charge in [-0.2, -0.15) is 0 Å². The van der Waals surface area contributed by atoms with Crippen molar-refractivity contribution in [2.75, 3.05) is 14.1 Å². The number of hydrogen-bond donors (Lipinski definition) is 0. The first-order chi connectivity index (χ1) is 13.7. The average molecular weight is 415 g/mol. The Hall–Kier alpha value is -3.04. The molecule has 2 aromatic carbocycles. The van der Waals surface area contributed by atoms with Gasteiger partial charge in [-0.15, -0.1) is 10.2 Å². The molecular formula is C20H21N3O5S. The quantitative estimate of drug-likeness (QED) is 0.570. The van der Waals surface area contributed by atoms with Gasteiger partial charge in [-0.25, -0.2) is 17.5 Å². The maximum Gasteiger partial charge on any atom is 0.338 e. The molecule has 0 amide bonds. The van der Waals surface area contributed by atoms with Crippen LogP contribution in [0.25, 0.3) is 11.5 Å². The highest BCUT2D eigenvalue weighted by molar-refractivity contribution is 7.89. The number of carbonyl (C=O) groups is 1. The summed E-state index contributed by atoms with van der Waals surface area (Å²) in [7, 11) is -0.813. The molecule has 3 rings (SSSR count). The standard InChI is InChI=1S/C20H21N3O5S/c1-13-6-5-7-15(10-13)19-22-21-18(28-19)12-27-20(24)17-11-16(9-8-14(17)2)29(25,26)23(3)4/h5-11H,12H2,1-4H3. The minimum absolute atomic E-state index is 0.0135. The van der Waals surface area contributed by atoms with Crippen LogP contribution in [0.4, 0.5) is 0 Å². The Balaban J connectivity index is 1.75. The Kier molecular flexibility index (Phi) is 5.81. The third-order valence-corrected chi connectivity index (χ3v) is 6.08. The normalized spacial score (nSPS) is 11.6. The van der Waals surface area contributed by atoms with Crippen molar-refractivity contribution in [2.24, 2.45) is 0 Å². The molecule has 0 atom stereocenters. The monoisotopic (exact) mass is 415 g/mol. The number of sulfonamides is 1. The third kappa shape index (κ3) is 4.52. The van der Waals surface area contributed by atoms with Crippen LogP contribution in [0.2, 0.25) is 0 Å². The van der Waals surface area contributed by atoms with Gasteiger partial charge in [0.1, 0.15) is 0 Å². The van der Waals surface area contributed by atoms with Gasteiger partial charge in [-0.1, -0.05) is 23.8 Å². The maximum atomic E-state index is 12.5. The molecule has 0 bridgehead atoms. The number of ether oxygens (including phenoxy) is 1. The molecule has 8 nitrogen and oxygen atoms in total. The third-order valence-electron chi connectivity index (χ3n) is 4.27. The van der Waals surface area contributed by atoms with Gasteiger partial charge in [0.2, 0.25) is 15.9 Å². The summed E-state index contributed by atoms with van der Waals surface area (Å²) < 4.78 is 36.5. The van der Waals surface area contributed by atoms with Crippen LogP contribution in [0.5, 0.6) is 0 Å². The van der Waals surface area contributed by atoms with Crippen LogP contribution in [0.1, 0.15) is 27.4 Å². The number of nitrogens with zero attached hydrogens (tertiary/aromatic N) is 3. The zero-order valence-corrected chi connectivity index (χ0v) is 17.4. The lowest BCUT2D eigenvalue weighted by Gasteiger charge is -2.13. The fourth-order valence-corrected chi connectivity index (χ4v) is 3.53. The first-order valence-corrected chi connectivity index (χ1v) is 10.2. The van der Waals surface area contributed by atoms with E-state index in [0.717, 1.165) is 15.4 Å². The van der Waals surface area contributed by atoms with Crippen LogP contribution in [-0.2, 0) is 21.4 Å². The van der Waals surface area contributed by atoms with Gasteiger partial charge in [0.15, 0.2) is 6.61 Å². The molecule has 29 heavy (non-hydrogen) atoms. The van der Waals surface area contributed by atoms with Crippen molar-refractivity contribution in [3.05, 3.63) is 65.0 Å². The summed E-state index contributed by atoms with van der Waals surface area (Å²) in [6, 6.07) is 11.9. The number of aromatic nitrogens is 2. The van der Waals surface area contributed by atoms with Crippen molar-refractivity contribution < 1.29 is 22.4 Å². The number of esters is 1. The second-order valence-corrected chi connectivity index (χ2v) is 8.86. The molecule has 0 saturated carbocycles. The first-order valence-electron chi connectivity index (χ1n) is 8.78. The Morgan fingerprint density at radius 1 is 1.10 bits per heavy atom. The Labute approximate surface area is 169 Å². The van der Waals surface area contributed by atoms with Crippen molar-refractivity contribution >= 4 is 16.0 Å². The van der Waals surface area contributed by atoms with Crippen LogP contribution in [0.15, 0.2) is 51.8 Å². The van der Waals surface area contributed by atoms with Crippen LogP contribution in [0, 0.1) is 13.8 Å². The molecule has 0 saturated heterocycles. The number of aryl methyl sites for hydroxylation is 2. The van der Waals surface area contributed by atoms with Crippen molar-refractivity contribution in [3.8, 4) is 11.5 Å². The molecule has 0 unspecified atom stereocenters. The molecular weight excluding hydrogens is 394 g/mol. The number of hydrogen-bond acceptors (Lipinski definition) is 7. The second kappa shape index (κ2) is 8.14. The Bertz CT molecular complexity index is 1150. The molecule has 0 spiro atoms. The smallest absolute Gasteiger partial charge is 0.338 e. The highest BCUT2D eigenvalue weighted by Gasteiger charge is 2.21. The van der Waals surface area contributed by atoms with E-state index in [1.807, 2.05) is 31.2 Å². The summed E-state index contributed by atoms with van der Waals surface area (Å²) >= 11 is 0. The molecule has 0 aliphatic carbocycles. The van der Waals surface area contributed by atoms with E-state index in [9.17, 15) is 13.2 Å². The van der Waals surface area contributed by atoms with Crippen LogP contribution in [0.3, 0.4) is 0 Å². The summed E-state index contributed by atoms with van der Waals surface area (Å²) in [5.74, 6) is -0.201. The highest BCUT2D eigenvalue weighted by Crippen LogP contribution is 2.21. The van der Waals surface area contributed by atoms with Gasteiger partial charge in [0, 0.05) is 19.7 Å². The van der Waals surface area contributed by atoms with E-state index in [4.69, 9.17) is 9.15 Å².